The van der Waals surface area contributed by atoms with Crippen molar-refractivity contribution in [2.24, 2.45) is 5.92 Å². The second kappa shape index (κ2) is 4.62. The van der Waals surface area contributed by atoms with Crippen molar-refractivity contribution in [3.8, 4) is 0 Å². The monoisotopic (exact) mass is 303 g/mol. The summed E-state index contributed by atoms with van der Waals surface area (Å²) in [5.74, 6) is -2.38. The Bertz CT molecular complexity index is 652. The van der Waals surface area contributed by atoms with Crippen molar-refractivity contribution in [1.29, 1.82) is 0 Å². The molecule has 22 heavy (non-hydrogen) atoms. The van der Waals surface area contributed by atoms with Crippen LogP contribution in [0.1, 0.15) is 24.8 Å². The maximum atomic E-state index is 12.4. The van der Waals surface area contributed by atoms with Crippen molar-refractivity contribution >= 4 is 17.4 Å². The summed E-state index contributed by atoms with van der Waals surface area (Å²) in [6.45, 7) is 0.949. The van der Waals surface area contributed by atoms with Gasteiger partial charge < -0.3 is 19.9 Å². The highest BCUT2D eigenvalue weighted by molar-refractivity contribution is 6.08. The summed E-state index contributed by atoms with van der Waals surface area (Å²) in [7, 11) is 0. The fourth-order valence-electron chi connectivity index (χ4n) is 3.77. The summed E-state index contributed by atoms with van der Waals surface area (Å²) in [5, 5.41) is 13.8. The number of para-hydroxylation sites is 1. The molecular weight excluding hydrogens is 286 g/mol. The summed E-state index contributed by atoms with van der Waals surface area (Å²) in [6, 6.07) is 6.92. The number of fused-ring (bicyclic) bond motifs is 1. The van der Waals surface area contributed by atoms with Gasteiger partial charge in [0.15, 0.2) is 11.4 Å². The second-order valence-electron chi connectivity index (χ2n) is 6.10. The van der Waals surface area contributed by atoms with Gasteiger partial charge in [-0.25, -0.2) is 0 Å². The third-order valence-corrected chi connectivity index (χ3v) is 4.91. The van der Waals surface area contributed by atoms with Crippen molar-refractivity contribution in [3.05, 3.63) is 29.8 Å². The molecule has 1 saturated carbocycles. The van der Waals surface area contributed by atoms with E-state index in [-0.39, 0.29) is 18.6 Å². The van der Waals surface area contributed by atoms with Crippen molar-refractivity contribution in [3.63, 3.8) is 0 Å². The van der Waals surface area contributed by atoms with Crippen LogP contribution < -0.4 is 5.32 Å². The molecule has 1 aromatic rings. The number of amides is 1. The number of carbonyl (C=O) groups is 2. The standard InChI is InChI=1S/C16H17NO5/c18-13-5-6-15(21-7-8-22-15)9-11(13)16(20)10-3-1-2-4-12(10)17-14(16)19/h1-4,11,20H,5-9H2,(H,17,19). The van der Waals surface area contributed by atoms with Crippen LogP contribution in [0.5, 0.6) is 0 Å². The Morgan fingerprint density at radius 1 is 1.18 bits per heavy atom. The maximum absolute atomic E-state index is 12.4. The molecule has 0 bridgehead atoms. The highest BCUT2D eigenvalue weighted by Gasteiger charge is 2.58. The SMILES string of the molecule is O=C1CCC2(CC1C1(O)C(=O)Nc3ccccc31)OCCO2. The average Bonchev–Trinajstić information content (AvgIpc) is 3.07. The van der Waals surface area contributed by atoms with E-state index in [9.17, 15) is 14.7 Å². The highest BCUT2D eigenvalue weighted by Crippen LogP contribution is 2.48. The molecule has 1 saturated heterocycles. The molecule has 3 aliphatic rings. The number of anilines is 1. The molecule has 1 amide bonds. The zero-order valence-electron chi connectivity index (χ0n) is 12.0. The lowest BCUT2D eigenvalue weighted by atomic mass is 9.71. The molecule has 2 unspecified atom stereocenters. The molecule has 2 heterocycles. The van der Waals surface area contributed by atoms with Gasteiger partial charge in [0.2, 0.25) is 0 Å². The highest BCUT2D eigenvalue weighted by atomic mass is 16.7. The number of rotatable bonds is 1. The minimum atomic E-state index is -1.85. The van der Waals surface area contributed by atoms with E-state index in [1.54, 1.807) is 24.3 Å². The molecule has 2 aliphatic heterocycles. The molecule has 2 fully saturated rings. The van der Waals surface area contributed by atoms with E-state index in [4.69, 9.17) is 9.47 Å². The van der Waals surface area contributed by atoms with E-state index in [0.717, 1.165) is 0 Å². The molecule has 0 aromatic heterocycles. The van der Waals surface area contributed by atoms with Crippen molar-refractivity contribution in [1.82, 2.24) is 0 Å². The molecule has 2 atom stereocenters. The van der Waals surface area contributed by atoms with Crippen molar-refractivity contribution < 1.29 is 24.2 Å². The molecule has 4 rings (SSSR count). The summed E-state index contributed by atoms with van der Waals surface area (Å²) in [4.78, 5) is 24.8. The van der Waals surface area contributed by atoms with Crippen LogP contribution in [0.25, 0.3) is 0 Å². The van der Waals surface area contributed by atoms with E-state index in [0.29, 0.717) is 30.9 Å². The molecular formula is C16H17NO5. The Kier molecular flexibility index (Phi) is 2.91. The van der Waals surface area contributed by atoms with Crippen LogP contribution in [-0.2, 0) is 24.7 Å². The van der Waals surface area contributed by atoms with Gasteiger partial charge in [-0.15, -0.1) is 0 Å². The van der Waals surface area contributed by atoms with Crippen molar-refractivity contribution in [2.75, 3.05) is 18.5 Å². The van der Waals surface area contributed by atoms with E-state index < -0.39 is 23.2 Å². The number of ether oxygens (including phenoxy) is 2. The lowest BCUT2D eigenvalue weighted by Gasteiger charge is -2.40. The third-order valence-electron chi connectivity index (χ3n) is 4.91. The van der Waals surface area contributed by atoms with Gasteiger partial charge in [0, 0.05) is 30.5 Å². The van der Waals surface area contributed by atoms with E-state index >= 15 is 0 Å². The van der Waals surface area contributed by atoms with Gasteiger partial charge in [-0.3, -0.25) is 9.59 Å². The second-order valence-corrected chi connectivity index (χ2v) is 6.10. The Balaban J connectivity index is 1.76. The first-order valence-electron chi connectivity index (χ1n) is 7.49. The van der Waals surface area contributed by atoms with Gasteiger partial charge in [0.1, 0.15) is 5.78 Å². The fourth-order valence-corrected chi connectivity index (χ4v) is 3.77. The first kappa shape index (κ1) is 13.9. The van der Waals surface area contributed by atoms with Crippen LogP contribution >= 0.6 is 0 Å². The van der Waals surface area contributed by atoms with Crippen LogP contribution in [0, 0.1) is 5.92 Å². The minimum Gasteiger partial charge on any atom is -0.375 e. The fraction of sp³-hybridized carbons (Fsp3) is 0.500. The van der Waals surface area contributed by atoms with Gasteiger partial charge in [-0.1, -0.05) is 18.2 Å². The molecule has 116 valence electrons. The number of ketones is 1. The quantitative estimate of drug-likeness (QED) is 0.806. The smallest absolute Gasteiger partial charge is 0.261 e. The predicted molar refractivity (Wildman–Crippen MR) is 76.0 cm³/mol. The summed E-state index contributed by atoms with van der Waals surface area (Å²) in [5.41, 5.74) is -0.847. The van der Waals surface area contributed by atoms with Gasteiger partial charge in [0.05, 0.1) is 19.1 Å². The average molecular weight is 303 g/mol. The number of hydrogen-bond donors (Lipinski definition) is 2. The van der Waals surface area contributed by atoms with Crippen LogP contribution in [0.2, 0.25) is 0 Å². The topological polar surface area (TPSA) is 84.9 Å². The van der Waals surface area contributed by atoms with Crippen molar-refractivity contribution in [2.45, 2.75) is 30.7 Å². The first-order valence-corrected chi connectivity index (χ1v) is 7.49. The molecule has 0 radical (unpaired) electrons. The number of hydrogen-bond acceptors (Lipinski definition) is 5. The maximum Gasteiger partial charge on any atom is 0.261 e. The Morgan fingerprint density at radius 3 is 2.68 bits per heavy atom. The molecule has 2 N–H and O–H groups in total. The van der Waals surface area contributed by atoms with Crippen LogP contribution in [0.4, 0.5) is 5.69 Å². The van der Waals surface area contributed by atoms with Crippen LogP contribution in [-0.4, -0.2) is 35.8 Å². The summed E-state index contributed by atoms with van der Waals surface area (Å²) < 4.78 is 11.3. The van der Waals surface area contributed by atoms with Gasteiger partial charge in [-0.2, -0.15) is 0 Å². The Labute approximate surface area is 127 Å². The third kappa shape index (κ3) is 1.78. The molecule has 1 spiro atoms. The largest absolute Gasteiger partial charge is 0.375 e. The Hall–Kier alpha value is -1.76. The van der Waals surface area contributed by atoms with Gasteiger partial charge in [-0.05, 0) is 6.07 Å². The van der Waals surface area contributed by atoms with Gasteiger partial charge >= 0.3 is 0 Å². The van der Waals surface area contributed by atoms with E-state index in [1.165, 1.54) is 0 Å². The Morgan fingerprint density at radius 2 is 1.91 bits per heavy atom. The number of benzene rings is 1. The minimum absolute atomic E-state index is 0.126. The summed E-state index contributed by atoms with van der Waals surface area (Å²) in [6.07, 6.45) is 0.911. The molecule has 1 aliphatic carbocycles. The zero-order chi connectivity index (χ0) is 15.4. The van der Waals surface area contributed by atoms with Crippen LogP contribution in [0.3, 0.4) is 0 Å². The predicted octanol–water partition coefficient (Wildman–Crippen LogP) is 0.939. The number of carbonyl (C=O) groups excluding carboxylic acids is 2. The number of aliphatic hydroxyl groups is 1. The zero-order valence-corrected chi connectivity index (χ0v) is 12.0. The normalized spacial score (nSPS) is 33.0. The first-order chi connectivity index (χ1) is 10.6. The van der Waals surface area contributed by atoms with E-state index in [2.05, 4.69) is 5.32 Å². The molecule has 6 heteroatoms. The molecule has 6 nitrogen and oxygen atoms in total. The number of Topliss-reactive ketones (excluding diaryl/α,β-unsaturated/α-hetero) is 1. The molecule has 1 aromatic carbocycles. The van der Waals surface area contributed by atoms with Gasteiger partial charge in [0.25, 0.3) is 5.91 Å². The lowest BCUT2D eigenvalue weighted by Crippen LogP contribution is -2.52. The number of nitrogens with one attached hydrogen (secondary N) is 1. The lowest BCUT2D eigenvalue weighted by molar-refractivity contribution is -0.204. The summed E-state index contributed by atoms with van der Waals surface area (Å²) >= 11 is 0. The van der Waals surface area contributed by atoms with E-state index in [1.807, 2.05) is 0 Å². The van der Waals surface area contributed by atoms with Crippen LogP contribution in [0.15, 0.2) is 24.3 Å².